The predicted molar refractivity (Wildman–Crippen MR) is 55.1 cm³/mol. The molecular weight excluding hydrogens is 248 g/mol. The predicted octanol–water partition coefficient (Wildman–Crippen LogP) is 1.05. The summed E-state index contributed by atoms with van der Waals surface area (Å²) < 4.78 is 0. The van der Waals surface area contributed by atoms with E-state index in [1.165, 1.54) is 0 Å². The summed E-state index contributed by atoms with van der Waals surface area (Å²) in [6.45, 7) is 0. The molecule has 72 valence electrons. The summed E-state index contributed by atoms with van der Waals surface area (Å²) in [7, 11) is 0. The van der Waals surface area contributed by atoms with Crippen molar-refractivity contribution in [1.82, 2.24) is 20.2 Å². The highest BCUT2D eigenvalue weighted by atomic mass is 79.9. The molecule has 0 spiro atoms. The van der Waals surface area contributed by atoms with Crippen LogP contribution in [-0.2, 0) is 5.33 Å². The standard InChI is InChI=1S/C8H7BrN4O/c9-1-5-2-10-7(13-8(5)14)6-3-11-12-4-6/h2-4H,1H2,(H,11,12)(H,10,13,14). The Labute approximate surface area is 87.7 Å². The molecule has 0 saturated heterocycles. The van der Waals surface area contributed by atoms with Crippen LogP contribution < -0.4 is 5.56 Å². The van der Waals surface area contributed by atoms with Crippen LogP contribution in [0, 0.1) is 0 Å². The van der Waals surface area contributed by atoms with Crippen molar-refractivity contribution in [2.45, 2.75) is 5.33 Å². The van der Waals surface area contributed by atoms with Gasteiger partial charge in [-0.05, 0) is 0 Å². The van der Waals surface area contributed by atoms with Crippen LogP contribution in [0.15, 0.2) is 23.4 Å². The molecule has 0 saturated carbocycles. The molecular formula is C8H7BrN4O. The van der Waals surface area contributed by atoms with Crippen LogP contribution in [0.25, 0.3) is 11.4 Å². The van der Waals surface area contributed by atoms with E-state index in [2.05, 4.69) is 36.1 Å². The van der Waals surface area contributed by atoms with Crippen LogP contribution in [0.5, 0.6) is 0 Å². The highest BCUT2D eigenvalue weighted by Crippen LogP contribution is 2.09. The third kappa shape index (κ3) is 1.60. The highest BCUT2D eigenvalue weighted by Gasteiger charge is 2.03. The first kappa shape index (κ1) is 9.14. The van der Waals surface area contributed by atoms with E-state index in [-0.39, 0.29) is 5.56 Å². The van der Waals surface area contributed by atoms with E-state index in [1.807, 2.05) is 0 Å². The van der Waals surface area contributed by atoms with Gasteiger partial charge >= 0.3 is 0 Å². The Morgan fingerprint density at radius 3 is 2.86 bits per heavy atom. The molecule has 14 heavy (non-hydrogen) atoms. The summed E-state index contributed by atoms with van der Waals surface area (Å²) in [5, 5.41) is 6.93. The van der Waals surface area contributed by atoms with Crippen molar-refractivity contribution in [3.8, 4) is 11.4 Å². The second kappa shape index (κ2) is 3.75. The number of aromatic amines is 2. The lowest BCUT2D eigenvalue weighted by Gasteiger charge is -1.97. The van der Waals surface area contributed by atoms with Gasteiger partial charge in [0.1, 0.15) is 5.82 Å². The number of rotatable bonds is 2. The van der Waals surface area contributed by atoms with E-state index >= 15 is 0 Å². The minimum atomic E-state index is -0.131. The average molecular weight is 255 g/mol. The third-order valence-electron chi connectivity index (χ3n) is 1.79. The second-order valence-corrected chi connectivity index (χ2v) is 3.27. The zero-order valence-electron chi connectivity index (χ0n) is 7.12. The molecule has 0 unspecified atom stereocenters. The molecule has 0 radical (unpaired) electrons. The zero-order valence-corrected chi connectivity index (χ0v) is 8.71. The van der Waals surface area contributed by atoms with Gasteiger partial charge in [-0.15, -0.1) is 0 Å². The maximum absolute atomic E-state index is 11.4. The quantitative estimate of drug-likeness (QED) is 0.788. The molecule has 2 rings (SSSR count). The first-order valence-corrected chi connectivity index (χ1v) is 5.06. The highest BCUT2D eigenvalue weighted by molar-refractivity contribution is 9.08. The summed E-state index contributed by atoms with van der Waals surface area (Å²) in [5.74, 6) is 0.522. The Kier molecular flexibility index (Phi) is 2.45. The number of hydrogen-bond acceptors (Lipinski definition) is 3. The summed E-state index contributed by atoms with van der Waals surface area (Å²) in [5.41, 5.74) is 1.24. The molecule has 0 amide bonds. The Bertz CT molecular complexity index is 476. The third-order valence-corrected chi connectivity index (χ3v) is 2.39. The number of aromatic nitrogens is 4. The number of H-pyrrole nitrogens is 2. The molecule has 0 atom stereocenters. The number of hydrogen-bond donors (Lipinski definition) is 2. The van der Waals surface area contributed by atoms with E-state index in [0.29, 0.717) is 16.7 Å². The molecule has 0 fully saturated rings. The molecule has 2 heterocycles. The van der Waals surface area contributed by atoms with E-state index in [4.69, 9.17) is 0 Å². The summed E-state index contributed by atoms with van der Waals surface area (Å²) in [6, 6.07) is 0. The summed E-state index contributed by atoms with van der Waals surface area (Å²) in [6.07, 6.45) is 4.83. The smallest absolute Gasteiger partial charge is 0.255 e. The molecule has 0 aliphatic rings. The van der Waals surface area contributed by atoms with Crippen molar-refractivity contribution in [1.29, 1.82) is 0 Å². The number of alkyl halides is 1. The lowest BCUT2D eigenvalue weighted by atomic mass is 10.3. The van der Waals surface area contributed by atoms with Gasteiger partial charge < -0.3 is 4.98 Å². The van der Waals surface area contributed by atoms with E-state index < -0.39 is 0 Å². The van der Waals surface area contributed by atoms with Crippen LogP contribution in [-0.4, -0.2) is 20.2 Å². The normalized spacial score (nSPS) is 10.4. The van der Waals surface area contributed by atoms with Gasteiger partial charge in [0.15, 0.2) is 0 Å². The first-order chi connectivity index (χ1) is 6.81. The molecule has 0 aliphatic carbocycles. The number of nitrogens with zero attached hydrogens (tertiary/aromatic N) is 2. The van der Waals surface area contributed by atoms with Gasteiger partial charge in [-0.1, -0.05) is 15.9 Å². The van der Waals surface area contributed by atoms with Crippen molar-refractivity contribution in [3.05, 3.63) is 34.5 Å². The van der Waals surface area contributed by atoms with Gasteiger partial charge in [0, 0.05) is 23.3 Å². The molecule has 2 N–H and O–H groups in total. The van der Waals surface area contributed by atoms with E-state index in [9.17, 15) is 4.79 Å². The van der Waals surface area contributed by atoms with Gasteiger partial charge in [0.25, 0.3) is 5.56 Å². The lowest BCUT2D eigenvalue weighted by Crippen LogP contribution is -2.12. The van der Waals surface area contributed by atoms with Crippen LogP contribution in [0.3, 0.4) is 0 Å². The van der Waals surface area contributed by atoms with Gasteiger partial charge in [-0.2, -0.15) is 5.10 Å². The fraction of sp³-hybridized carbons (Fsp3) is 0.125. The molecule has 0 aromatic carbocycles. The molecule has 2 aromatic rings. The molecule has 0 aliphatic heterocycles. The van der Waals surface area contributed by atoms with Crippen LogP contribution in [0.2, 0.25) is 0 Å². The topological polar surface area (TPSA) is 74.4 Å². The molecule has 2 aromatic heterocycles. The van der Waals surface area contributed by atoms with Gasteiger partial charge in [-0.3, -0.25) is 9.89 Å². The number of halogens is 1. The van der Waals surface area contributed by atoms with Crippen molar-refractivity contribution < 1.29 is 0 Å². The van der Waals surface area contributed by atoms with E-state index in [1.54, 1.807) is 18.6 Å². The Balaban J connectivity index is 2.48. The van der Waals surface area contributed by atoms with Crippen LogP contribution >= 0.6 is 15.9 Å². The van der Waals surface area contributed by atoms with Crippen molar-refractivity contribution >= 4 is 15.9 Å². The Morgan fingerprint density at radius 2 is 2.29 bits per heavy atom. The first-order valence-electron chi connectivity index (χ1n) is 3.94. The SMILES string of the molecule is O=c1[nH]c(-c2cn[nH]c2)ncc1CBr. The summed E-state index contributed by atoms with van der Waals surface area (Å²) >= 11 is 3.20. The fourth-order valence-electron chi connectivity index (χ4n) is 1.04. The average Bonchev–Trinajstić information content (AvgIpc) is 2.70. The minimum absolute atomic E-state index is 0.131. The van der Waals surface area contributed by atoms with Crippen molar-refractivity contribution in [2.75, 3.05) is 0 Å². The summed E-state index contributed by atoms with van der Waals surface area (Å²) in [4.78, 5) is 18.2. The molecule has 5 nitrogen and oxygen atoms in total. The van der Waals surface area contributed by atoms with Crippen LogP contribution in [0.4, 0.5) is 0 Å². The lowest BCUT2D eigenvalue weighted by molar-refractivity contribution is 1.08. The van der Waals surface area contributed by atoms with Crippen molar-refractivity contribution in [3.63, 3.8) is 0 Å². The maximum Gasteiger partial charge on any atom is 0.255 e. The van der Waals surface area contributed by atoms with Gasteiger partial charge in [0.2, 0.25) is 0 Å². The molecule has 0 bridgehead atoms. The second-order valence-electron chi connectivity index (χ2n) is 2.71. The maximum atomic E-state index is 11.4. The van der Waals surface area contributed by atoms with Crippen LogP contribution in [0.1, 0.15) is 5.56 Å². The number of nitrogens with one attached hydrogen (secondary N) is 2. The monoisotopic (exact) mass is 254 g/mol. The minimum Gasteiger partial charge on any atom is -0.306 e. The van der Waals surface area contributed by atoms with Crippen molar-refractivity contribution in [2.24, 2.45) is 0 Å². The Hall–Kier alpha value is -1.43. The Morgan fingerprint density at radius 1 is 1.43 bits per heavy atom. The molecule has 6 heteroatoms. The van der Waals surface area contributed by atoms with Gasteiger partial charge in [0.05, 0.1) is 11.8 Å². The van der Waals surface area contributed by atoms with E-state index in [0.717, 1.165) is 5.56 Å². The van der Waals surface area contributed by atoms with Gasteiger partial charge in [-0.25, -0.2) is 4.98 Å². The zero-order chi connectivity index (χ0) is 9.97. The largest absolute Gasteiger partial charge is 0.306 e. The fourth-order valence-corrected chi connectivity index (χ4v) is 1.44.